The molecular weight excluding hydrogens is 242 g/mol. The number of amides is 1. The van der Waals surface area contributed by atoms with Crippen LogP contribution in [0.1, 0.15) is 31.1 Å². The lowest BCUT2D eigenvalue weighted by Gasteiger charge is -2.22. The third kappa shape index (κ3) is 5.38. The van der Waals surface area contributed by atoms with Crippen LogP contribution in [0.5, 0.6) is 0 Å². The van der Waals surface area contributed by atoms with E-state index in [9.17, 15) is 9.59 Å². The predicted molar refractivity (Wildman–Crippen MR) is 73.8 cm³/mol. The van der Waals surface area contributed by atoms with E-state index in [1.54, 1.807) is 37.3 Å². The average Bonchev–Trinajstić information content (AvgIpc) is 2.37. The Morgan fingerprint density at radius 3 is 2.47 bits per heavy atom. The summed E-state index contributed by atoms with van der Waals surface area (Å²) in [5.74, 6) is -0.594. The minimum absolute atomic E-state index is 0.181. The molecule has 1 N–H and O–H groups in total. The van der Waals surface area contributed by atoms with Crippen LogP contribution < -0.4 is 5.32 Å². The molecular formula is C15H19NO3. The van der Waals surface area contributed by atoms with E-state index >= 15 is 0 Å². The second-order valence-corrected chi connectivity index (χ2v) is 4.63. The van der Waals surface area contributed by atoms with Gasteiger partial charge in [-0.25, -0.2) is 4.79 Å². The molecule has 1 rings (SSSR count). The topological polar surface area (TPSA) is 55.4 Å². The van der Waals surface area contributed by atoms with Crippen molar-refractivity contribution in [1.82, 2.24) is 5.32 Å². The highest BCUT2D eigenvalue weighted by molar-refractivity contribution is 5.94. The van der Waals surface area contributed by atoms with Gasteiger partial charge in [-0.05, 0) is 32.9 Å². The molecule has 0 atom stereocenters. The molecule has 0 aliphatic rings. The fraction of sp³-hybridized carbons (Fsp3) is 0.333. The van der Waals surface area contributed by atoms with E-state index in [1.807, 2.05) is 19.9 Å². The number of ether oxygens (including phenoxy) is 1. The Morgan fingerprint density at radius 2 is 1.89 bits per heavy atom. The number of carbonyl (C=O) groups is 2. The Balaban J connectivity index is 2.64. The van der Waals surface area contributed by atoms with E-state index in [0.29, 0.717) is 12.2 Å². The van der Waals surface area contributed by atoms with Gasteiger partial charge >= 0.3 is 5.97 Å². The second-order valence-electron chi connectivity index (χ2n) is 4.63. The van der Waals surface area contributed by atoms with Crippen molar-refractivity contribution >= 4 is 11.9 Å². The summed E-state index contributed by atoms with van der Waals surface area (Å²) in [7, 11) is 0. The monoisotopic (exact) mass is 261 g/mol. The normalized spacial score (nSPS) is 11.3. The third-order valence-corrected chi connectivity index (χ3v) is 2.39. The van der Waals surface area contributed by atoms with Crippen LogP contribution in [0.25, 0.3) is 0 Å². The quantitative estimate of drug-likeness (QED) is 0.653. The van der Waals surface area contributed by atoms with Gasteiger partial charge in [0, 0.05) is 11.6 Å². The minimum Gasteiger partial charge on any atom is -0.463 e. The highest BCUT2D eigenvalue weighted by Crippen LogP contribution is 2.07. The maximum atomic E-state index is 12.0. The van der Waals surface area contributed by atoms with Gasteiger partial charge in [-0.15, -0.1) is 0 Å². The first-order valence-electron chi connectivity index (χ1n) is 6.18. The molecule has 102 valence electrons. The fourth-order valence-electron chi connectivity index (χ4n) is 1.46. The van der Waals surface area contributed by atoms with Crippen molar-refractivity contribution < 1.29 is 14.3 Å². The molecule has 0 aromatic heterocycles. The van der Waals surface area contributed by atoms with E-state index in [0.717, 1.165) is 0 Å². The maximum absolute atomic E-state index is 12.0. The summed E-state index contributed by atoms with van der Waals surface area (Å²) in [6, 6.07) is 8.93. The zero-order valence-corrected chi connectivity index (χ0v) is 11.5. The van der Waals surface area contributed by atoms with Crippen molar-refractivity contribution in [1.29, 1.82) is 0 Å². The zero-order valence-electron chi connectivity index (χ0n) is 11.5. The van der Waals surface area contributed by atoms with Gasteiger partial charge in [0.05, 0.1) is 12.1 Å². The van der Waals surface area contributed by atoms with E-state index in [2.05, 4.69) is 5.32 Å². The molecule has 0 unspecified atom stereocenters. The molecule has 4 heteroatoms. The van der Waals surface area contributed by atoms with Crippen LogP contribution in [0.15, 0.2) is 42.5 Å². The summed E-state index contributed by atoms with van der Waals surface area (Å²) in [4.78, 5) is 23.2. The van der Waals surface area contributed by atoms with Crippen molar-refractivity contribution in [2.24, 2.45) is 0 Å². The molecule has 0 radical (unpaired) electrons. The fourth-order valence-corrected chi connectivity index (χ4v) is 1.46. The standard InChI is InChI=1S/C15H19NO3/c1-4-19-13(17)10-11-15(2,3)16-14(18)12-8-6-5-7-9-12/h5-11H,4H2,1-3H3,(H,16,18)/b11-10+. The predicted octanol–water partition coefficient (Wildman–Crippen LogP) is 2.31. The number of hydrogen-bond donors (Lipinski definition) is 1. The lowest BCUT2D eigenvalue weighted by Crippen LogP contribution is -2.41. The van der Waals surface area contributed by atoms with E-state index < -0.39 is 11.5 Å². The Kier molecular flexibility index (Phi) is 5.30. The van der Waals surface area contributed by atoms with Gasteiger partial charge in [-0.3, -0.25) is 4.79 Å². The van der Waals surface area contributed by atoms with E-state index in [1.165, 1.54) is 6.08 Å². The summed E-state index contributed by atoms with van der Waals surface area (Å²) in [5, 5.41) is 2.84. The molecule has 1 aromatic carbocycles. The van der Waals surface area contributed by atoms with Gasteiger partial charge in [0.25, 0.3) is 5.91 Å². The number of nitrogens with one attached hydrogen (secondary N) is 1. The summed E-state index contributed by atoms with van der Waals surface area (Å²) >= 11 is 0. The van der Waals surface area contributed by atoms with Crippen molar-refractivity contribution in [3.8, 4) is 0 Å². The van der Waals surface area contributed by atoms with Gasteiger partial charge in [-0.1, -0.05) is 24.3 Å². The number of esters is 1. The van der Waals surface area contributed by atoms with Crippen molar-refractivity contribution in [2.75, 3.05) is 6.61 Å². The van der Waals surface area contributed by atoms with Crippen LogP contribution in [-0.4, -0.2) is 24.0 Å². The van der Waals surface area contributed by atoms with Crippen molar-refractivity contribution in [3.05, 3.63) is 48.0 Å². The Bertz CT molecular complexity index is 464. The molecule has 1 amide bonds. The van der Waals surface area contributed by atoms with Crippen LogP contribution in [0.3, 0.4) is 0 Å². The molecule has 0 saturated heterocycles. The molecule has 0 saturated carbocycles. The second kappa shape index (κ2) is 6.73. The molecule has 0 spiro atoms. The van der Waals surface area contributed by atoms with Crippen LogP contribution in [-0.2, 0) is 9.53 Å². The number of rotatable bonds is 5. The van der Waals surface area contributed by atoms with E-state index in [4.69, 9.17) is 4.74 Å². The maximum Gasteiger partial charge on any atom is 0.330 e. The van der Waals surface area contributed by atoms with Gasteiger partial charge in [0.15, 0.2) is 0 Å². The first kappa shape index (κ1) is 15.0. The zero-order chi connectivity index (χ0) is 14.3. The number of carbonyl (C=O) groups excluding carboxylic acids is 2. The summed E-state index contributed by atoms with van der Waals surface area (Å²) in [5.41, 5.74) is -0.0419. The van der Waals surface area contributed by atoms with Crippen LogP contribution in [0.2, 0.25) is 0 Å². The van der Waals surface area contributed by atoms with Gasteiger partial charge in [-0.2, -0.15) is 0 Å². The largest absolute Gasteiger partial charge is 0.463 e. The van der Waals surface area contributed by atoms with Gasteiger partial charge < -0.3 is 10.1 Å². The van der Waals surface area contributed by atoms with Crippen molar-refractivity contribution in [3.63, 3.8) is 0 Å². The SMILES string of the molecule is CCOC(=O)/C=C/C(C)(C)NC(=O)c1ccccc1. The summed E-state index contributed by atoms with van der Waals surface area (Å²) < 4.78 is 4.79. The Morgan fingerprint density at radius 1 is 1.26 bits per heavy atom. The van der Waals surface area contributed by atoms with Gasteiger partial charge in [0.2, 0.25) is 0 Å². The van der Waals surface area contributed by atoms with Crippen LogP contribution in [0, 0.1) is 0 Å². The minimum atomic E-state index is -0.625. The third-order valence-electron chi connectivity index (χ3n) is 2.39. The smallest absolute Gasteiger partial charge is 0.330 e. The molecule has 0 bridgehead atoms. The van der Waals surface area contributed by atoms with Gasteiger partial charge in [0.1, 0.15) is 0 Å². The number of hydrogen-bond acceptors (Lipinski definition) is 3. The average molecular weight is 261 g/mol. The Labute approximate surface area is 113 Å². The lowest BCUT2D eigenvalue weighted by atomic mass is 10.0. The highest BCUT2D eigenvalue weighted by Gasteiger charge is 2.18. The lowest BCUT2D eigenvalue weighted by molar-refractivity contribution is -0.137. The first-order valence-corrected chi connectivity index (χ1v) is 6.18. The molecule has 0 fully saturated rings. The van der Waals surface area contributed by atoms with E-state index in [-0.39, 0.29) is 5.91 Å². The molecule has 0 aliphatic heterocycles. The number of benzene rings is 1. The molecule has 19 heavy (non-hydrogen) atoms. The van der Waals surface area contributed by atoms with Crippen LogP contribution >= 0.6 is 0 Å². The first-order chi connectivity index (χ1) is 8.94. The Hall–Kier alpha value is -2.10. The molecule has 0 heterocycles. The molecule has 4 nitrogen and oxygen atoms in total. The summed E-state index contributed by atoms with van der Waals surface area (Å²) in [6.45, 7) is 5.70. The summed E-state index contributed by atoms with van der Waals surface area (Å²) in [6.07, 6.45) is 2.95. The highest BCUT2D eigenvalue weighted by atomic mass is 16.5. The van der Waals surface area contributed by atoms with Crippen molar-refractivity contribution in [2.45, 2.75) is 26.3 Å². The molecule has 1 aromatic rings. The molecule has 0 aliphatic carbocycles. The van der Waals surface area contributed by atoms with Crippen LogP contribution in [0.4, 0.5) is 0 Å².